The number of benzene rings is 1. The molecule has 3 rings (SSSR count). The van der Waals surface area contributed by atoms with Gasteiger partial charge in [-0.05, 0) is 19.1 Å². The van der Waals surface area contributed by atoms with Crippen LogP contribution in [0.1, 0.15) is 31.4 Å². The second kappa shape index (κ2) is 4.59. The van der Waals surface area contributed by atoms with Gasteiger partial charge in [-0.3, -0.25) is 14.5 Å². The summed E-state index contributed by atoms with van der Waals surface area (Å²) in [7, 11) is 0. The van der Waals surface area contributed by atoms with Crippen molar-refractivity contribution < 1.29 is 9.59 Å². The third-order valence-electron chi connectivity index (χ3n) is 3.09. The van der Waals surface area contributed by atoms with Crippen LogP contribution in [-0.4, -0.2) is 28.2 Å². The number of nitrogens with zero attached hydrogens (tertiary/aromatic N) is 2. The van der Waals surface area contributed by atoms with Gasteiger partial charge in [0.1, 0.15) is 0 Å². The number of imide groups is 1. The SMILES string of the molecule is Cc1csc(CCN2C(=O)c3ccccc3C2=O)n1. The third kappa shape index (κ3) is 2.06. The monoisotopic (exact) mass is 272 g/mol. The van der Waals surface area contributed by atoms with Gasteiger partial charge >= 0.3 is 0 Å². The number of hydrogen-bond acceptors (Lipinski definition) is 4. The van der Waals surface area contributed by atoms with Crippen molar-refractivity contribution in [3.05, 3.63) is 51.5 Å². The van der Waals surface area contributed by atoms with E-state index in [0.29, 0.717) is 24.1 Å². The first-order chi connectivity index (χ1) is 9.16. The molecule has 19 heavy (non-hydrogen) atoms. The Kier molecular flexibility index (Phi) is 2.91. The molecular weight excluding hydrogens is 260 g/mol. The number of amides is 2. The highest BCUT2D eigenvalue weighted by Crippen LogP contribution is 2.22. The first-order valence-electron chi connectivity index (χ1n) is 6.03. The predicted octanol–water partition coefficient (Wildman–Crippen LogP) is 2.29. The van der Waals surface area contributed by atoms with Crippen LogP contribution in [0.15, 0.2) is 29.6 Å². The van der Waals surface area contributed by atoms with Crippen molar-refractivity contribution in [3.63, 3.8) is 0 Å². The van der Waals surface area contributed by atoms with E-state index in [4.69, 9.17) is 0 Å². The molecule has 0 atom stereocenters. The number of fused-ring (bicyclic) bond motifs is 1. The maximum absolute atomic E-state index is 12.1. The second-order valence-electron chi connectivity index (χ2n) is 4.44. The number of aromatic nitrogens is 1. The van der Waals surface area contributed by atoms with E-state index < -0.39 is 0 Å². The Balaban J connectivity index is 1.77. The van der Waals surface area contributed by atoms with Crippen LogP contribution in [0.3, 0.4) is 0 Å². The van der Waals surface area contributed by atoms with Crippen LogP contribution < -0.4 is 0 Å². The highest BCUT2D eigenvalue weighted by Gasteiger charge is 2.34. The molecule has 0 saturated heterocycles. The maximum atomic E-state index is 12.1. The minimum atomic E-state index is -0.200. The van der Waals surface area contributed by atoms with E-state index >= 15 is 0 Å². The molecule has 4 nitrogen and oxygen atoms in total. The van der Waals surface area contributed by atoms with Crippen molar-refractivity contribution in [2.75, 3.05) is 6.54 Å². The van der Waals surface area contributed by atoms with Gasteiger partial charge in [0.05, 0.1) is 16.1 Å². The molecule has 0 aliphatic carbocycles. The standard InChI is InChI=1S/C14H12N2O2S/c1-9-8-19-12(15-9)6-7-16-13(17)10-4-2-3-5-11(10)14(16)18/h2-5,8H,6-7H2,1H3. The second-order valence-corrected chi connectivity index (χ2v) is 5.38. The molecule has 1 aliphatic rings. The van der Waals surface area contributed by atoms with Gasteiger partial charge in [-0.1, -0.05) is 12.1 Å². The van der Waals surface area contributed by atoms with E-state index in [1.54, 1.807) is 35.6 Å². The largest absolute Gasteiger partial charge is 0.274 e. The average molecular weight is 272 g/mol. The summed E-state index contributed by atoms with van der Waals surface area (Å²) >= 11 is 1.56. The summed E-state index contributed by atoms with van der Waals surface area (Å²) in [5, 5.41) is 2.92. The van der Waals surface area contributed by atoms with Crippen molar-refractivity contribution in [1.82, 2.24) is 9.88 Å². The molecule has 2 aromatic rings. The van der Waals surface area contributed by atoms with Crippen LogP contribution in [0.25, 0.3) is 0 Å². The van der Waals surface area contributed by atoms with Gasteiger partial charge in [0.25, 0.3) is 11.8 Å². The van der Waals surface area contributed by atoms with Crippen molar-refractivity contribution in [2.24, 2.45) is 0 Å². The van der Waals surface area contributed by atoms with Gasteiger partial charge in [0.15, 0.2) is 0 Å². The summed E-state index contributed by atoms with van der Waals surface area (Å²) in [6.45, 7) is 2.32. The first kappa shape index (κ1) is 12.0. The van der Waals surface area contributed by atoms with Crippen LogP contribution in [0.4, 0.5) is 0 Å². The van der Waals surface area contributed by atoms with E-state index in [2.05, 4.69) is 4.98 Å². The van der Waals surface area contributed by atoms with Crippen molar-refractivity contribution in [3.8, 4) is 0 Å². The Hall–Kier alpha value is -2.01. The fourth-order valence-electron chi connectivity index (χ4n) is 2.17. The third-order valence-corrected chi connectivity index (χ3v) is 4.12. The lowest BCUT2D eigenvalue weighted by Gasteiger charge is -2.12. The Morgan fingerprint density at radius 3 is 2.32 bits per heavy atom. The quantitative estimate of drug-likeness (QED) is 0.805. The van der Waals surface area contributed by atoms with Crippen LogP contribution >= 0.6 is 11.3 Å². The number of hydrogen-bond donors (Lipinski definition) is 0. The van der Waals surface area contributed by atoms with E-state index in [9.17, 15) is 9.59 Å². The number of aryl methyl sites for hydroxylation is 1. The Morgan fingerprint density at radius 2 is 1.79 bits per heavy atom. The van der Waals surface area contributed by atoms with Crippen LogP contribution in [0.5, 0.6) is 0 Å². The highest BCUT2D eigenvalue weighted by atomic mass is 32.1. The molecule has 96 valence electrons. The number of rotatable bonds is 3. The highest BCUT2D eigenvalue weighted by molar-refractivity contribution is 7.09. The molecule has 1 aromatic heterocycles. The molecule has 5 heteroatoms. The zero-order chi connectivity index (χ0) is 13.4. The van der Waals surface area contributed by atoms with Crippen molar-refractivity contribution in [1.29, 1.82) is 0 Å². The molecule has 2 heterocycles. The maximum Gasteiger partial charge on any atom is 0.261 e. The molecule has 1 aliphatic heterocycles. The zero-order valence-electron chi connectivity index (χ0n) is 10.4. The van der Waals surface area contributed by atoms with Gasteiger partial charge in [-0.15, -0.1) is 11.3 Å². The zero-order valence-corrected chi connectivity index (χ0v) is 11.2. The summed E-state index contributed by atoms with van der Waals surface area (Å²) < 4.78 is 0. The topological polar surface area (TPSA) is 50.3 Å². The summed E-state index contributed by atoms with van der Waals surface area (Å²) in [5.74, 6) is -0.400. The van der Waals surface area contributed by atoms with Crippen LogP contribution in [-0.2, 0) is 6.42 Å². The van der Waals surface area contributed by atoms with Gasteiger partial charge in [-0.2, -0.15) is 0 Å². The molecule has 0 fully saturated rings. The van der Waals surface area contributed by atoms with E-state index in [-0.39, 0.29) is 11.8 Å². The van der Waals surface area contributed by atoms with Gasteiger partial charge < -0.3 is 0 Å². The summed E-state index contributed by atoms with van der Waals surface area (Å²) in [5.41, 5.74) is 1.98. The van der Waals surface area contributed by atoms with Gasteiger partial charge in [-0.25, -0.2) is 4.98 Å². The predicted molar refractivity (Wildman–Crippen MR) is 72.4 cm³/mol. The summed E-state index contributed by atoms with van der Waals surface area (Å²) in [4.78, 5) is 29.9. The minimum absolute atomic E-state index is 0.200. The summed E-state index contributed by atoms with van der Waals surface area (Å²) in [6.07, 6.45) is 0.615. The van der Waals surface area contributed by atoms with E-state index in [1.165, 1.54) is 4.90 Å². The molecule has 0 unspecified atom stereocenters. The molecule has 0 spiro atoms. The van der Waals surface area contributed by atoms with E-state index in [1.807, 2.05) is 12.3 Å². The Bertz CT molecular complexity index is 628. The van der Waals surface area contributed by atoms with Gasteiger partial charge in [0.2, 0.25) is 0 Å². The minimum Gasteiger partial charge on any atom is -0.274 e. The number of carbonyl (C=O) groups is 2. The lowest BCUT2D eigenvalue weighted by atomic mass is 10.1. The smallest absolute Gasteiger partial charge is 0.261 e. The van der Waals surface area contributed by atoms with Crippen molar-refractivity contribution >= 4 is 23.2 Å². The van der Waals surface area contributed by atoms with E-state index in [0.717, 1.165) is 10.7 Å². The first-order valence-corrected chi connectivity index (χ1v) is 6.91. The molecule has 2 amide bonds. The van der Waals surface area contributed by atoms with Gasteiger partial charge in [0, 0.05) is 24.0 Å². The molecular formula is C14H12N2O2S. The Morgan fingerprint density at radius 1 is 1.16 bits per heavy atom. The fraction of sp³-hybridized carbons (Fsp3) is 0.214. The number of carbonyl (C=O) groups excluding carboxylic acids is 2. The van der Waals surface area contributed by atoms with Crippen LogP contribution in [0.2, 0.25) is 0 Å². The molecule has 1 aromatic carbocycles. The van der Waals surface area contributed by atoms with Crippen LogP contribution in [0, 0.1) is 6.92 Å². The Labute approximate surface area is 114 Å². The molecule has 0 radical (unpaired) electrons. The average Bonchev–Trinajstić information content (AvgIpc) is 2.93. The van der Waals surface area contributed by atoms with Crippen molar-refractivity contribution in [2.45, 2.75) is 13.3 Å². The number of thiazole rings is 1. The summed E-state index contributed by atoms with van der Waals surface area (Å²) in [6, 6.07) is 6.95. The fourth-order valence-corrected chi connectivity index (χ4v) is 2.93. The lowest BCUT2D eigenvalue weighted by Crippen LogP contribution is -2.31. The molecule has 0 saturated carbocycles. The lowest BCUT2D eigenvalue weighted by molar-refractivity contribution is 0.0656. The molecule has 0 bridgehead atoms. The molecule has 0 N–H and O–H groups in total. The normalized spacial score (nSPS) is 14.1.